The molecule has 0 amide bonds. The van der Waals surface area contributed by atoms with E-state index in [0.717, 1.165) is 6.04 Å². The van der Waals surface area contributed by atoms with Gasteiger partial charge >= 0.3 is 0 Å². The second-order valence-corrected chi connectivity index (χ2v) is 5.92. The summed E-state index contributed by atoms with van der Waals surface area (Å²) in [4.78, 5) is 2.43. The first kappa shape index (κ1) is 13.0. The Morgan fingerprint density at radius 3 is 1.87 bits per heavy atom. The fourth-order valence-electron chi connectivity index (χ4n) is 2.43. The van der Waals surface area contributed by atoms with Crippen LogP contribution in [0.25, 0.3) is 0 Å². The molecule has 0 bridgehead atoms. The minimum atomic E-state index is 0.837. The monoisotopic (exact) mass is 213 g/mol. The van der Waals surface area contributed by atoms with Crippen molar-refractivity contribution < 1.29 is 4.48 Å². The number of nitrogens with zero attached hydrogens (tertiary/aromatic N) is 2. The summed E-state index contributed by atoms with van der Waals surface area (Å²) in [7, 11) is 6.81. The highest BCUT2D eigenvalue weighted by Crippen LogP contribution is 2.13. The lowest BCUT2D eigenvalue weighted by Crippen LogP contribution is -2.35. The average Bonchev–Trinajstić information content (AvgIpc) is 2.57. The van der Waals surface area contributed by atoms with E-state index >= 15 is 0 Å². The van der Waals surface area contributed by atoms with Crippen molar-refractivity contribution in [3.63, 3.8) is 0 Å². The maximum absolute atomic E-state index is 2.43. The molecule has 1 unspecified atom stereocenters. The molecule has 2 saturated heterocycles. The van der Waals surface area contributed by atoms with Crippen molar-refractivity contribution in [2.75, 3.05) is 40.8 Å². The highest BCUT2D eigenvalue weighted by molar-refractivity contribution is 4.68. The van der Waals surface area contributed by atoms with Gasteiger partial charge in [-0.3, -0.25) is 0 Å². The standard InChI is InChI=1S/C7H15N.C6H14N/c1-7-5-3-4-6-8(7)2;1-7(2)5-3-4-6-7/h7H,3-6H2,1-2H3;3-6H2,1-2H3/q;+1. The predicted octanol–water partition coefficient (Wildman–Crippen LogP) is 2.35. The smallest absolute Gasteiger partial charge is 0.0784 e. The number of likely N-dealkylation sites (tertiary alicyclic amines) is 2. The van der Waals surface area contributed by atoms with Gasteiger partial charge in [-0.05, 0) is 33.4 Å². The van der Waals surface area contributed by atoms with Gasteiger partial charge in [0.15, 0.2) is 0 Å². The van der Waals surface area contributed by atoms with Gasteiger partial charge in [0.05, 0.1) is 27.2 Å². The van der Waals surface area contributed by atoms with Crippen LogP contribution in [0.2, 0.25) is 0 Å². The van der Waals surface area contributed by atoms with Gasteiger partial charge in [0.2, 0.25) is 0 Å². The van der Waals surface area contributed by atoms with Gasteiger partial charge < -0.3 is 9.38 Å². The first-order valence-electron chi connectivity index (χ1n) is 6.53. The van der Waals surface area contributed by atoms with Gasteiger partial charge in [-0.25, -0.2) is 0 Å². The molecule has 2 rings (SSSR count). The summed E-state index contributed by atoms with van der Waals surface area (Å²) in [5.41, 5.74) is 0. The van der Waals surface area contributed by atoms with Gasteiger partial charge in [0.1, 0.15) is 0 Å². The third kappa shape index (κ3) is 4.98. The molecule has 0 aromatic heterocycles. The predicted molar refractivity (Wildman–Crippen MR) is 67.0 cm³/mol. The number of hydrogen-bond donors (Lipinski definition) is 0. The van der Waals surface area contributed by atoms with Crippen LogP contribution < -0.4 is 0 Å². The molecule has 1 atom stereocenters. The Morgan fingerprint density at radius 1 is 1.00 bits per heavy atom. The van der Waals surface area contributed by atoms with Crippen molar-refractivity contribution in [1.82, 2.24) is 4.90 Å². The van der Waals surface area contributed by atoms with Crippen LogP contribution in [-0.2, 0) is 0 Å². The van der Waals surface area contributed by atoms with Crippen molar-refractivity contribution in [2.24, 2.45) is 0 Å². The maximum Gasteiger partial charge on any atom is 0.0784 e. The van der Waals surface area contributed by atoms with Crippen molar-refractivity contribution in [3.8, 4) is 0 Å². The number of hydrogen-bond acceptors (Lipinski definition) is 1. The molecule has 2 fully saturated rings. The van der Waals surface area contributed by atoms with Gasteiger partial charge in [-0.1, -0.05) is 6.42 Å². The Labute approximate surface area is 95.8 Å². The lowest BCUT2D eigenvalue weighted by atomic mass is 10.1. The summed E-state index contributed by atoms with van der Waals surface area (Å²) < 4.78 is 1.25. The Kier molecular flexibility index (Phi) is 5.07. The van der Waals surface area contributed by atoms with Crippen LogP contribution in [0.3, 0.4) is 0 Å². The second kappa shape index (κ2) is 5.86. The van der Waals surface area contributed by atoms with Crippen LogP contribution in [0.1, 0.15) is 39.0 Å². The van der Waals surface area contributed by atoms with E-state index in [-0.39, 0.29) is 0 Å². The van der Waals surface area contributed by atoms with Crippen LogP contribution in [0.15, 0.2) is 0 Å². The summed E-state index contributed by atoms with van der Waals surface area (Å²) in [6.45, 7) is 6.39. The molecule has 2 aliphatic heterocycles. The highest BCUT2D eigenvalue weighted by Gasteiger charge is 2.19. The highest BCUT2D eigenvalue weighted by atomic mass is 15.3. The zero-order valence-electron chi connectivity index (χ0n) is 11.1. The lowest BCUT2D eigenvalue weighted by Gasteiger charge is -2.29. The van der Waals surface area contributed by atoms with E-state index < -0.39 is 0 Å². The van der Waals surface area contributed by atoms with Crippen molar-refractivity contribution >= 4 is 0 Å². The molecule has 90 valence electrons. The fraction of sp³-hybridized carbons (Fsp3) is 1.00. The summed E-state index contributed by atoms with van der Waals surface area (Å²) in [6.07, 6.45) is 7.11. The van der Waals surface area contributed by atoms with Crippen molar-refractivity contribution in [1.29, 1.82) is 0 Å². The average molecular weight is 213 g/mol. The number of piperidine rings is 1. The zero-order chi connectivity index (χ0) is 11.3. The van der Waals surface area contributed by atoms with Gasteiger partial charge in [0.25, 0.3) is 0 Å². The van der Waals surface area contributed by atoms with Crippen LogP contribution in [0, 0.1) is 0 Å². The lowest BCUT2D eigenvalue weighted by molar-refractivity contribution is -0.877. The largest absolute Gasteiger partial charge is 0.328 e. The van der Waals surface area contributed by atoms with Crippen LogP contribution >= 0.6 is 0 Å². The van der Waals surface area contributed by atoms with Crippen LogP contribution in [0.4, 0.5) is 0 Å². The van der Waals surface area contributed by atoms with E-state index in [9.17, 15) is 0 Å². The van der Waals surface area contributed by atoms with Crippen LogP contribution in [-0.4, -0.2) is 56.2 Å². The summed E-state index contributed by atoms with van der Waals surface area (Å²) in [5, 5.41) is 0. The molecule has 0 aliphatic carbocycles. The Hall–Kier alpha value is -0.0800. The van der Waals surface area contributed by atoms with E-state index in [1.54, 1.807) is 0 Å². The molecule has 2 heteroatoms. The van der Waals surface area contributed by atoms with E-state index in [1.807, 2.05) is 0 Å². The Morgan fingerprint density at radius 2 is 1.60 bits per heavy atom. The molecule has 15 heavy (non-hydrogen) atoms. The molecule has 0 radical (unpaired) electrons. The molecule has 0 aromatic carbocycles. The fourth-order valence-corrected chi connectivity index (χ4v) is 2.43. The minimum Gasteiger partial charge on any atom is -0.328 e. The quantitative estimate of drug-likeness (QED) is 0.558. The summed E-state index contributed by atoms with van der Waals surface area (Å²) >= 11 is 0. The molecule has 0 spiro atoms. The summed E-state index contributed by atoms with van der Waals surface area (Å²) in [6, 6.07) is 0.837. The summed E-state index contributed by atoms with van der Waals surface area (Å²) in [5.74, 6) is 0. The van der Waals surface area contributed by atoms with E-state index in [0.29, 0.717) is 0 Å². The normalized spacial score (nSPS) is 30.8. The van der Waals surface area contributed by atoms with E-state index in [4.69, 9.17) is 0 Å². The topological polar surface area (TPSA) is 3.24 Å². The van der Waals surface area contributed by atoms with Gasteiger partial charge in [0, 0.05) is 18.9 Å². The van der Waals surface area contributed by atoms with Gasteiger partial charge in [-0.15, -0.1) is 0 Å². The van der Waals surface area contributed by atoms with E-state index in [1.165, 1.54) is 56.2 Å². The molecular weight excluding hydrogens is 184 g/mol. The van der Waals surface area contributed by atoms with E-state index in [2.05, 4.69) is 33.0 Å². The molecule has 2 nitrogen and oxygen atoms in total. The van der Waals surface area contributed by atoms with Crippen molar-refractivity contribution in [2.45, 2.75) is 45.1 Å². The van der Waals surface area contributed by atoms with Crippen LogP contribution in [0.5, 0.6) is 0 Å². The molecule has 0 saturated carbocycles. The van der Waals surface area contributed by atoms with Crippen molar-refractivity contribution in [3.05, 3.63) is 0 Å². The SMILES string of the molecule is CC1CCCCN1C.C[N+]1(C)CCCC1. The number of quaternary nitrogens is 1. The first-order valence-corrected chi connectivity index (χ1v) is 6.53. The Balaban J connectivity index is 0.000000151. The third-order valence-electron chi connectivity index (χ3n) is 3.91. The first-order chi connectivity index (χ1) is 7.01. The molecule has 0 N–H and O–H groups in total. The zero-order valence-corrected chi connectivity index (χ0v) is 11.1. The number of rotatable bonds is 0. The molecule has 2 heterocycles. The molecule has 2 aliphatic rings. The minimum absolute atomic E-state index is 0.837. The third-order valence-corrected chi connectivity index (χ3v) is 3.91. The van der Waals surface area contributed by atoms with Gasteiger partial charge in [-0.2, -0.15) is 0 Å². The molecular formula is C13H29N2+. The maximum atomic E-state index is 2.43. The Bertz CT molecular complexity index is 159. The molecule has 0 aromatic rings. The second-order valence-electron chi connectivity index (χ2n) is 5.92.